The second kappa shape index (κ2) is 9.30. The van der Waals surface area contributed by atoms with Crippen LogP contribution in [0.1, 0.15) is 17.3 Å². The molecule has 32 heavy (non-hydrogen) atoms. The predicted molar refractivity (Wildman–Crippen MR) is 122 cm³/mol. The van der Waals surface area contributed by atoms with Gasteiger partial charge in [0, 0.05) is 28.7 Å². The molecule has 0 saturated carbocycles. The average Bonchev–Trinajstić information content (AvgIpc) is 3.28. The Morgan fingerprint density at radius 3 is 2.22 bits per heavy atom. The maximum atomic E-state index is 12.5. The molecule has 0 aliphatic carbocycles. The molecular weight excluding hydrogens is 410 g/mol. The van der Waals surface area contributed by atoms with E-state index in [1.807, 2.05) is 0 Å². The molecule has 4 rings (SSSR count). The molecule has 3 aromatic carbocycles. The Bertz CT molecular complexity index is 1110. The second-order valence-corrected chi connectivity index (χ2v) is 7.18. The summed E-state index contributed by atoms with van der Waals surface area (Å²) in [5.41, 5.74) is 2.52. The number of amides is 2. The van der Waals surface area contributed by atoms with Crippen LogP contribution in [0.15, 0.2) is 66.7 Å². The number of carbonyl (C=O) groups excluding carboxylic acids is 2. The lowest BCUT2D eigenvalue weighted by atomic mass is 10.1. The van der Waals surface area contributed by atoms with Crippen molar-refractivity contribution < 1.29 is 23.8 Å². The van der Waals surface area contributed by atoms with Crippen LogP contribution in [-0.2, 0) is 4.79 Å². The van der Waals surface area contributed by atoms with Crippen LogP contribution >= 0.6 is 0 Å². The molecule has 1 atom stereocenters. The number of benzene rings is 3. The van der Waals surface area contributed by atoms with Crippen LogP contribution in [0.3, 0.4) is 0 Å². The molecule has 164 valence electrons. The van der Waals surface area contributed by atoms with Gasteiger partial charge in [-0.15, -0.1) is 0 Å². The van der Waals surface area contributed by atoms with E-state index in [2.05, 4.69) is 16.0 Å². The van der Waals surface area contributed by atoms with Crippen LogP contribution in [0.5, 0.6) is 17.2 Å². The van der Waals surface area contributed by atoms with E-state index in [0.717, 1.165) is 11.4 Å². The SMILES string of the molecule is COc1ccc(NC(=O)c2ccc(NC(C)C(=O)Nc3ccc4c(c3)OCO4)cc2)cc1. The summed E-state index contributed by atoms with van der Waals surface area (Å²) in [6.45, 7) is 1.94. The van der Waals surface area contributed by atoms with Gasteiger partial charge < -0.3 is 30.2 Å². The minimum Gasteiger partial charge on any atom is -0.497 e. The smallest absolute Gasteiger partial charge is 0.255 e. The van der Waals surface area contributed by atoms with Gasteiger partial charge in [0.05, 0.1) is 7.11 Å². The molecule has 0 radical (unpaired) electrons. The quantitative estimate of drug-likeness (QED) is 0.519. The van der Waals surface area contributed by atoms with Gasteiger partial charge in [0.2, 0.25) is 12.7 Å². The molecule has 1 heterocycles. The van der Waals surface area contributed by atoms with Gasteiger partial charge in [0.15, 0.2) is 11.5 Å². The third-order valence-corrected chi connectivity index (χ3v) is 4.91. The first-order valence-corrected chi connectivity index (χ1v) is 10.0. The van der Waals surface area contributed by atoms with Crippen LogP contribution in [0.2, 0.25) is 0 Å². The highest BCUT2D eigenvalue weighted by Crippen LogP contribution is 2.34. The van der Waals surface area contributed by atoms with Crippen LogP contribution in [-0.4, -0.2) is 31.8 Å². The number of hydrogen-bond donors (Lipinski definition) is 3. The first kappa shape index (κ1) is 21.0. The van der Waals surface area contributed by atoms with E-state index >= 15 is 0 Å². The van der Waals surface area contributed by atoms with Gasteiger partial charge in [0.1, 0.15) is 11.8 Å². The molecule has 3 aromatic rings. The van der Waals surface area contributed by atoms with E-state index in [1.54, 1.807) is 80.8 Å². The molecule has 0 fully saturated rings. The first-order chi connectivity index (χ1) is 15.5. The lowest BCUT2D eigenvalue weighted by Gasteiger charge is -2.16. The van der Waals surface area contributed by atoms with Crippen LogP contribution in [0, 0.1) is 0 Å². The number of methoxy groups -OCH3 is 1. The Hall–Kier alpha value is -4.20. The highest BCUT2D eigenvalue weighted by atomic mass is 16.7. The van der Waals surface area contributed by atoms with Gasteiger partial charge in [-0.25, -0.2) is 0 Å². The Morgan fingerprint density at radius 2 is 1.50 bits per heavy atom. The summed E-state index contributed by atoms with van der Waals surface area (Å²) in [6.07, 6.45) is 0. The summed E-state index contributed by atoms with van der Waals surface area (Å²) in [6, 6.07) is 18.7. The van der Waals surface area contributed by atoms with Gasteiger partial charge in [0.25, 0.3) is 5.91 Å². The number of ether oxygens (including phenoxy) is 3. The molecule has 0 aromatic heterocycles. The summed E-state index contributed by atoms with van der Waals surface area (Å²) < 4.78 is 15.7. The Labute approximate surface area is 185 Å². The molecule has 0 spiro atoms. The minimum atomic E-state index is -0.501. The Balaban J connectivity index is 1.32. The summed E-state index contributed by atoms with van der Waals surface area (Å²) in [7, 11) is 1.59. The molecule has 3 N–H and O–H groups in total. The van der Waals surface area contributed by atoms with Crippen LogP contribution in [0.25, 0.3) is 0 Å². The predicted octanol–water partition coefficient (Wildman–Crippen LogP) is 4.12. The summed E-state index contributed by atoms with van der Waals surface area (Å²) in [5, 5.41) is 8.81. The number of fused-ring (bicyclic) bond motifs is 1. The maximum absolute atomic E-state index is 12.5. The zero-order valence-corrected chi connectivity index (χ0v) is 17.7. The fourth-order valence-corrected chi connectivity index (χ4v) is 3.14. The van der Waals surface area contributed by atoms with Crippen molar-refractivity contribution in [2.24, 2.45) is 0 Å². The zero-order chi connectivity index (χ0) is 22.5. The van der Waals surface area contributed by atoms with E-state index in [0.29, 0.717) is 28.4 Å². The lowest BCUT2D eigenvalue weighted by Crippen LogP contribution is -2.31. The molecule has 1 aliphatic rings. The van der Waals surface area contributed by atoms with Crippen molar-refractivity contribution in [3.63, 3.8) is 0 Å². The van der Waals surface area contributed by atoms with Crippen molar-refractivity contribution in [1.82, 2.24) is 0 Å². The van der Waals surface area contributed by atoms with Crippen molar-refractivity contribution in [1.29, 1.82) is 0 Å². The zero-order valence-electron chi connectivity index (χ0n) is 17.7. The van der Waals surface area contributed by atoms with Crippen LogP contribution in [0.4, 0.5) is 17.1 Å². The largest absolute Gasteiger partial charge is 0.497 e. The Morgan fingerprint density at radius 1 is 0.844 bits per heavy atom. The van der Waals surface area contributed by atoms with Crippen molar-refractivity contribution >= 4 is 28.9 Å². The van der Waals surface area contributed by atoms with E-state index in [1.165, 1.54) is 0 Å². The molecule has 1 unspecified atom stereocenters. The van der Waals surface area contributed by atoms with E-state index in [4.69, 9.17) is 14.2 Å². The van der Waals surface area contributed by atoms with E-state index in [9.17, 15) is 9.59 Å². The third-order valence-electron chi connectivity index (χ3n) is 4.91. The molecule has 8 heteroatoms. The number of carbonyl (C=O) groups is 2. The molecule has 0 bridgehead atoms. The number of rotatable bonds is 7. The van der Waals surface area contributed by atoms with Crippen molar-refractivity contribution in [2.75, 3.05) is 29.9 Å². The highest BCUT2D eigenvalue weighted by Gasteiger charge is 2.17. The summed E-state index contributed by atoms with van der Waals surface area (Å²) in [5.74, 6) is 1.55. The topological polar surface area (TPSA) is 97.9 Å². The molecular formula is C24H23N3O5. The molecule has 2 amide bonds. The van der Waals surface area contributed by atoms with Gasteiger partial charge >= 0.3 is 0 Å². The molecule has 1 aliphatic heterocycles. The van der Waals surface area contributed by atoms with Crippen molar-refractivity contribution in [3.8, 4) is 17.2 Å². The van der Waals surface area contributed by atoms with Gasteiger partial charge in [-0.1, -0.05) is 0 Å². The maximum Gasteiger partial charge on any atom is 0.255 e. The summed E-state index contributed by atoms with van der Waals surface area (Å²) in [4.78, 5) is 25.0. The fraction of sp³-hybridized carbons (Fsp3) is 0.167. The standard InChI is InChI=1S/C24H23N3O5/c1-15(23(28)27-19-9-12-21-22(13-19)32-14-31-21)25-17-5-3-16(4-6-17)24(29)26-18-7-10-20(30-2)11-8-18/h3-13,15,25H,14H2,1-2H3,(H,26,29)(H,27,28). The molecule has 0 saturated heterocycles. The normalized spacial score (nSPS) is 12.6. The second-order valence-electron chi connectivity index (χ2n) is 7.18. The summed E-state index contributed by atoms with van der Waals surface area (Å²) >= 11 is 0. The first-order valence-electron chi connectivity index (χ1n) is 10.0. The van der Waals surface area contributed by atoms with E-state index < -0.39 is 6.04 Å². The van der Waals surface area contributed by atoms with Gasteiger partial charge in [-0.2, -0.15) is 0 Å². The van der Waals surface area contributed by atoms with Gasteiger partial charge in [-0.05, 0) is 67.6 Å². The molecule has 8 nitrogen and oxygen atoms in total. The monoisotopic (exact) mass is 433 g/mol. The van der Waals surface area contributed by atoms with Gasteiger partial charge in [-0.3, -0.25) is 9.59 Å². The van der Waals surface area contributed by atoms with Crippen molar-refractivity contribution in [2.45, 2.75) is 13.0 Å². The number of anilines is 3. The number of nitrogens with one attached hydrogen (secondary N) is 3. The average molecular weight is 433 g/mol. The highest BCUT2D eigenvalue weighted by molar-refractivity contribution is 6.04. The minimum absolute atomic E-state index is 0.179. The fourth-order valence-electron chi connectivity index (χ4n) is 3.14. The lowest BCUT2D eigenvalue weighted by molar-refractivity contribution is -0.116. The van der Waals surface area contributed by atoms with Crippen LogP contribution < -0.4 is 30.2 Å². The number of hydrogen-bond acceptors (Lipinski definition) is 6. The third kappa shape index (κ3) is 4.92. The van der Waals surface area contributed by atoms with E-state index in [-0.39, 0.29) is 18.6 Å². The van der Waals surface area contributed by atoms with Crippen molar-refractivity contribution in [3.05, 3.63) is 72.3 Å². The Kier molecular flexibility index (Phi) is 6.12.